The zero-order valence-electron chi connectivity index (χ0n) is 15.1. The molecule has 2 rings (SSSR count). The first-order valence-corrected chi connectivity index (χ1v) is 9.64. The van der Waals surface area contributed by atoms with Crippen molar-refractivity contribution in [3.63, 3.8) is 0 Å². The molecule has 0 amide bonds. The van der Waals surface area contributed by atoms with Gasteiger partial charge in [0.25, 0.3) is 0 Å². The van der Waals surface area contributed by atoms with Crippen molar-refractivity contribution in [2.75, 3.05) is 24.7 Å². The van der Waals surface area contributed by atoms with Gasteiger partial charge in [-0.1, -0.05) is 30.9 Å². The van der Waals surface area contributed by atoms with E-state index in [9.17, 15) is 4.79 Å². The lowest BCUT2D eigenvalue weighted by Gasteiger charge is -1.98. The van der Waals surface area contributed by atoms with Crippen LogP contribution in [0.4, 0.5) is 0 Å². The second kappa shape index (κ2) is 10.7. The van der Waals surface area contributed by atoms with Crippen molar-refractivity contribution >= 4 is 17.7 Å². The molecule has 5 nitrogen and oxygen atoms in total. The quantitative estimate of drug-likeness (QED) is 0.535. The summed E-state index contributed by atoms with van der Waals surface area (Å²) >= 11 is 1.28. The summed E-state index contributed by atoms with van der Waals surface area (Å²) in [5, 5.41) is 8.51. The lowest BCUT2D eigenvalue weighted by Crippen LogP contribution is -2.00. The number of hydrogen-bond acceptors (Lipinski definition) is 5. The van der Waals surface area contributed by atoms with Gasteiger partial charge in [0.15, 0.2) is 0 Å². The summed E-state index contributed by atoms with van der Waals surface area (Å²) in [6, 6.07) is 8.24. The number of thioether (sulfide) groups is 1. The van der Waals surface area contributed by atoms with E-state index in [0.717, 1.165) is 23.4 Å². The van der Waals surface area contributed by atoms with Crippen molar-refractivity contribution in [1.82, 2.24) is 4.98 Å². The zero-order valence-corrected chi connectivity index (χ0v) is 15.9. The second-order valence-electron chi connectivity index (χ2n) is 5.62. The van der Waals surface area contributed by atoms with Crippen LogP contribution in [0.15, 0.2) is 28.7 Å². The van der Waals surface area contributed by atoms with Crippen molar-refractivity contribution in [2.24, 2.45) is 0 Å². The Balaban J connectivity index is 1.75. The highest BCUT2D eigenvalue weighted by Gasteiger charge is 2.11. The minimum absolute atomic E-state index is 0.0739. The molecule has 0 fully saturated rings. The van der Waals surface area contributed by atoms with Crippen molar-refractivity contribution in [3.8, 4) is 23.3 Å². The van der Waals surface area contributed by atoms with Gasteiger partial charge < -0.3 is 14.3 Å². The largest absolute Gasteiger partial charge is 0.481 e. The second-order valence-corrected chi connectivity index (χ2v) is 6.60. The minimum atomic E-state index is -0.822. The van der Waals surface area contributed by atoms with Gasteiger partial charge in [-0.3, -0.25) is 4.79 Å². The van der Waals surface area contributed by atoms with Crippen LogP contribution >= 0.6 is 11.8 Å². The summed E-state index contributed by atoms with van der Waals surface area (Å²) in [5.41, 5.74) is 3.15. The summed E-state index contributed by atoms with van der Waals surface area (Å²) < 4.78 is 11.3. The van der Waals surface area contributed by atoms with Crippen molar-refractivity contribution < 1.29 is 19.1 Å². The molecule has 26 heavy (non-hydrogen) atoms. The van der Waals surface area contributed by atoms with E-state index in [4.69, 9.17) is 14.3 Å². The van der Waals surface area contributed by atoms with E-state index < -0.39 is 5.97 Å². The van der Waals surface area contributed by atoms with E-state index in [1.807, 2.05) is 19.1 Å². The van der Waals surface area contributed by atoms with Crippen LogP contribution in [0.25, 0.3) is 11.5 Å². The number of ether oxygens (including phenoxy) is 1. The maximum Gasteiger partial charge on any atom is 0.313 e. The molecule has 1 aromatic carbocycles. The molecule has 0 atom stereocenters. The van der Waals surface area contributed by atoms with Crippen molar-refractivity contribution in [3.05, 3.63) is 41.3 Å². The molecule has 0 aliphatic heterocycles. The van der Waals surface area contributed by atoms with E-state index in [-0.39, 0.29) is 5.75 Å². The van der Waals surface area contributed by atoms with Crippen molar-refractivity contribution in [1.29, 1.82) is 0 Å². The third-order valence-electron chi connectivity index (χ3n) is 3.68. The number of hydrogen-bond donors (Lipinski definition) is 1. The van der Waals surface area contributed by atoms with Gasteiger partial charge in [0.1, 0.15) is 12.4 Å². The van der Waals surface area contributed by atoms with Gasteiger partial charge in [0.05, 0.1) is 23.8 Å². The zero-order chi connectivity index (χ0) is 18.8. The fraction of sp³-hybridized carbons (Fsp3) is 0.400. The highest BCUT2D eigenvalue weighted by Crippen LogP contribution is 2.22. The number of benzene rings is 1. The number of nitrogens with zero attached hydrogens (tertiary/aromatic N) is 1. The summed E-state index contributed by atoms with van der Waals surface area (Å²) in [6.07, 6.45) is 1.67. The molecule has 0 aliphatic rings. The first kappa shape index (κ1) is 20.1. The Kier molecular flexibility index (Phi) is 8.26. The van der Waals surface area contributed by atoms with Crippen LogP contribution in [0.3, 0.4) is 0 Å². The third-order valence-corrected chi connectivity index (χ3v) is 4.48. The van der Waals surface area contributed by atoms with Crippen LogP contribution < -0.4 is 0 Å². The molecule has 0 saturated carbocycles. The normalized spacial score (nSPS) is 10.4. The average Bonchev–Trinajstić information content (AvgIpc) is 3.01. The van der Waals surface area contributed by atoms with Crippen LogP contribution in [0.2, 0.25) is 0 Å². The summed E-state index contributed by atoms with van der Waals surface area (Å²) in [7, 11) is 0. The fourth-order valence-electron chi connectivity index (χ4n) is 2.25. The molecule has 0 spiro atoms. The number of aromatic nitrogens is 1. The van der Waals surface area contributed by atoms with Gasteiger partial charge in [0, 0.05) is 12.0 Å². The molecule has 0 radical (unpaired) electrons. The Morgan fingerprint density at radius 3 is 2.77 bits per heavy atom. The molecule has 138 valence electrons. The van der Waals surface area contributed by atoms with Gasteiger partial charge in [-0.15, -0.1) is 11.8 Å². The maximum atomic E-state index is 10.3. The minimum Gasteiger partial charge on any atom is -0.481 e. The third kappa shape index (κ3) is 6.58. The topological polar surface area (TPSA) is 72.6 Å². The molecule has 0 aliphatic carbocycles. The van der Waals surface area contributed by atoms with Crippen LogP contribution in [0.5, 0.6) is 0 Å². The number of carboxylic acids is 1. The van der Waals surface area contributed by atoms with E-state index in [1.165, 1.54) is 17.3 Å². The summed E-state index contributed by atoms with van der Waals surface area (Å²) in [5.74, 6) is 6.94. The van der Waals surface area contributed by atoms with Gasteiger partial charge in [0.2, 0.25) is 5.89 Å². The lowest BCUT2D eigenvalue weighted by atomic mass is 10.1. The number of rotatable bonds is 9. The lowest BCUT2D eigenvalue weighted by molar-refractivity contribution is -0.133. The smallest absolute Gasteiger partial charge is 0.313 e. The highest BCUT2D eigenvalue weighted by atomic mass is 32.2. The van der Waals surface area contributed by atoms with E-state index in [1.54, 1.807) is 0 Å². The maximum absolute atomic E-state index is 10.3. The Bertz CT molecular complexity index is 771. The first-order valence-electron chi connectivity index (χ1n) is 8.48. The highest BCUT2D eigenvalue weighted by molar-refractivity contribution is 8.00. The summed E-state index contributed by atoms with van der Waals surface area (Å²) in [4.78, 5) is 14.9. The van der Waals surface area contributed by atoms with Gasteiger partial charge in [-0.25, -0.2) is 4.98 Å². The SMILES string of the molecule is CCc1ccc(-c2nc(CCOCC#CCSCC(=O)O)c(C)o2)cc1. The van der Waals surface area contributed by atoms with Gasteiger partial charge in [-0.2, -0.15) is 0 Å². The Labute approximate surface area is 158 Å². The molecule has 0 saturated heterocycles. The Morgan fingerprint density at radius 1 is 1.31 bits per heavy atom. The Morgan fingerprint density at radius 2 is 2.08 bits per heavy atom. The van der Waals surface area contributed by atoms with Crippen molar-refractivity contribution in [2.45, 2.75) is 26.7 Å². The van der Waals surface area contributed by atoms with E-state index in [2.05, 4.69) is 35.9 Å². The number of carboxylic acid groups (broad SMARTS) is 1. The average molecular weight is 373 g/mol. The van der Waals surface area contributed by atoms with Crippen LogP contribution in [-0.4, -0.2) is 40.8 Å². The monoisotopic (exact) mass is 373 g/mol. The van der Waals surface area contributed by atoms with E-state index in [0.29, 0.717) is 31.3 Å². The molecule has 6 heteroatoms. The molecule has 1 heterocycles. The first-order chi connectivity index (χ1) is 12.6. The number of oxazole rings is 1. The molecular formula is C20H23NO4S. The summed E-state index contributed by atoms with van der Waals surface area (Å²) in [6.45, 7) is 4.88. The standard InChI is InChI=1S/C20H23NO4S/c1-3-16-6-8-17(9-7-16)20-21-18(15(2)25-20)10-12-24-11-4-5-13-26-14-19(22)23/h6-9H,3,10-14H2,1-2H3,(H,22,23). The predicted molar refractivity (Wildman–Crippen MR) is 103 cm³/mol. The number of carbonyl (C=O) groups is 1. The Hall–Kier alpha value is -2.23. The van der Waals surface area contributed by atoms with Crippen LogP contribution in [0.1, 0.15) is 23.9 Å². The molecule has 0 unspecified atom stereocenters. The molecule has 1 N–H and O–H groups in total. The molecule has 1 aromatic heterocycles. The van der Waals surface area contributed by atoms with E-state index >= 15 is 0 Å². The molecule has 0 bridgehead atoms. The number of aliphatic carboxylic acids is 1. The molecular weight excluding hydrogens is 350 g/mol. The van der Waals surface area contributed by atoms with Crippen LogP contribution in [-0.2, 0) is 22.4 Å². The molecule has 2 aromatic rings. The number of aryl methyl sites for hydroxylation is 2. The van der Waals surface area contributed by atoms with Gasteiger partial charge in [-0.05, 0) is 31.0 Å². The predicted octanol–water partition coefficient (Wildman–Crippen LogP) is 3.59. The fourth-order valence-corrected chi connectivity index (χ4v) is 2.73. The van der Waals surface area contributed by atoms with Crippen LogP contribution in [0, 0.1) is 18.8 Å². The van der Waals surface area contributed by atoms with Gasteiger partial charge >= 0.3 is 5.97 Å².